The van der Waals surface area contributed by atoms with Crippen molar-refractivity contribution >= 4 is 12.1 Å². The normalized spacial score (nSPS) is 26.1. The van der Waals surface area contributed by atoms with Crippen molar-refractivity contribution in [2.75, 3.05) is 6.61 Å². The number of carbonyl (C=O) groups excluding carboxylic acids is 2. The van der Waals surface area contributed by atoms with E-state index < -0.39 is 17.1 Å². The topological polar surface area (TPSA) is 64.6 Å². The van der Waals surface area contributed by atoms with Crippen LogP contribution in [-0.2, 0) is 14.3 Å². The van der Waals surface area contributed by atoms with Crippen LogP contribution in [0.15, 0.2) is 12.7 Å². The van der Waals surface area contributed by atoms with Crippen LogP contribution in [-0.4, -0.2) is 30.3 Å². The van der Waals surface area contributed by atoms with Crippen molar-refractivity contribution in [3.05, 3.63) is 12.7 Å². The SMILES string of the molecule is C=C[C@]1(C(=O)OCC)C[C@@H]1NC(=O)OC(C)(C)C. The maximum atomic E-state index is 11.7. The minimum atomic E-state index is -0.785. The highest BCUT2D eigenvalue weighted by molar-refractivity contribution is 5.85. The van der Waals surface area contributed by atoms with Gasteiger partial charge < -0.3 is 14.8 Å². The van der Waals surface area contributed by atoms with Gasteiger partial charge in [0.2, 0.25) is 0 Å². The maximum Gasteiger partial charge on any atom is 0.407 e. The Balaban J connectivity index is 2.54. The Bertz CT molecular complexity index is 358. The Kier molecular flexibility index (Phi) is 4.04. The summed E-state index contributed by atoms with van der Waals surface area (Å²) in [7, 11) is 0. The van der Waals surface area contributed by atoms with Gasteiger partial charge in [0.15, 0.2) is 0 Å². The van der Waals surface area contributed by atoms with E-state index in [0.29, 0.717) is 13.0 Å². The number of ether oxygens (including phenoxy) is 2. The molecule has 0 unspecified atom stereocenters. The first-order valence-electron chi connectivity index (χ1n) is 6.05. The van der Waals surface area contributed by atoms with Crippen molar-refractivity contribution in [1.29, 1.82) is 0 Å². The quantitative estimate of drug-likeness (QED) is 0.616. The van der Waals surface area contributed by atoms with E-state index in [2.05, 4.69) is 11.9 Å². The molecule has 0 aromatic rings. The van der Waals surface area contributed by atoms with Crippen molar-refractivity contribution in [2.45, 2.75) is 45.8 Å². The van der Waals surface area contributed by atoms with Crippen molar-refractivity contribution < 1.29 is 19.1 Å². The maximum absolute atomic E-state index is 11.7. The predicted molar refractivity (Wildman–Crippen MR) is 67.0 cm³/mol. The molecular formula is C13H21NO4. The second-order valence-corrected chi connectivity index (χ2v) is 5.37. The highest BCUT2D eigenvalue weighted by Gasteiger charge is 2.60. The number of rotatable bonds is 4. The van der Waals surface area contributed by atoms with Crippen LogP contribution in [0.5, 0.6) is 0 Å². The molecule has 1 saturated carbocycles. The number of hydrogen-bond acceptors (Lipinski definition) is 4. The summed E-state index contributed by atoms with van der Waals surface area (Å²) < 4.78 is 10.1. The number of carbonyl (C=O) groups is 2. The number of esters is 1. The summed E-state index contributed by atoms with van der Waals surface area (Å²) >= 11 is 0. The number of alkyl carbamates (subject to hydrolysis) is 1. The molecule has 0 saturated heterocycles. The van der Waals surface area contributed by atoms with E-state index in [1.165, 1.54) is 6.08 Å². The van der Waals surface area contributed by atoms with E-state index in [-0.39, 0.29) is 12.0 Å². The zero-order chi connectivity index (χ0) is 14.0. The average Bonchev–Trinajstić information content (AvgIpc) is 2.90. The Hall–Kier alpha value is -1.52. The third-order valence-electron chi connectivity index (χ3n) is 2.71. The lowest BCUT2D eigenvalue weighted by Gasteiger charge is -2.20. The van der Waals surface area contributed by atoms with Gasteiger partial charge in [-0.05, 0) is 34.1 Å². The van der Waals surface area contributed by atoms with Gasteiger partial charge in [0.1, 0.15) is 11.0 Å². The average molecular weight is 255 g/mol. The third-order valence-corrected chi connectivity index (χ3v) is 2.71. The largest absolute Gasteiger partial charge is 0.465 e. The molecule has 0 bridgehead atoms. The molecule has 1 N–H and O–H groups in total. The Morgan fingerprint density at radius 3 is 2.56 bits per heavy atom. The van der Waals surface area contributed by atoms with Crippen molar-refractivity contribution in [1.82, 2.24) is 5.32 Å². The third kappa shape index (κ3) is 3.24. The molecule has 1 aliphatic carbocycles. The lowest BCUT2D eigenvalue weighted by molar-refractivity contribution is -0.147. The summed E-state index contributed by atoms with van der Waals surface area (Å²) in [4.78, 5) is 23.3. The van der Waals surface area contributed by atoms with Gasteiger partial charge in [0.25, 0.3) is 0 Å². The van der Waals surface area contributed by atoms with Crippen LogP contribution in [0.2, 0.25) is 0 Å². The molecule has 102 valence electrons. The van der Waals surface area contributed by atoms with Crippen molar-refractivity contribution in [2.24, 2.45) is 5.41 Å². The number of amides is 1. The van der Waals surface area contributed by atoms with Crippen LogP contribution in [0.4, 0.5) is 4.79 Å². The second-order valence-electron chi connectivity index (χ2n) is 5.37. The van der Waals surface area contributed by atoms with E-state index in [0.717, 1.165) is 0 Å². The Morgan fingerprint density at radius 2 is 2.11 bits per heavy atom. The van der Waals surface area contributed by atoms with E-state index in [9.17, 15) is 9.59 Å². The molecule has 0 spiro atoms. The van der Waals surface area contributed by atoms with Gasteiger partial charge in [-0.1, -0.05) is 6.08 Å². The first-order chi connectivity index (χ1) is 8.25. The highest BCUT2D eigenvalue weighted by atomic mass is 16.6. The summed E-state index contributed by atoms with van der Waals surface area (Å²) in [6.07, 6.45) is 1.52. The van der Waals surface area contributed by atoms with Crippen LogP contribution in [0, 0.1) is 5.41 Å². The van der Waals surface area contributed by atoms with Gasteiger partial charge in [-0.3, -0.25) is 4.79 Å². The number of hydrogen-bond donors (Lipinski definition) is 1. The Morgan fingerprint density at radius 1 is 1.50 bits per heavy atom. The molecule has 0 heterocycles. The molecule has 1 aliphatic rings. The first kappa shape index (κ1) is 14.5. The summed E-state index contributed by atoms with van der Waals surface area (Å²) in [5.41, 5.74) is -1.34. The van der Waals surface area contributed by atoms with Gasteiger partial charge in [-0.15, -0.1) is 6.58 Å². The molecule has 1 amide bonds. The Labute approximate surface area is 108 Å². The van der Waals surface area contributed by atoms with E-state index in [1.54, 1.807) is 27.7 Å². The van der Waals surface area contributed by atoms with Gasteiger partial charge in [0, 0.05) is 0 Å². The van der Waals surface area contributed by atoms with Gasteiger partial charge in [0.05, 0.1) is 12.6 Å². The molecule has 5 nitrogen and oxygen atoms in total. The fourth-order valence-electron chi connectivity index (χ4n) is 1.71. The van der Waals surface area contributed by atoms with E-state index in [4.69, 9.17) is 9.47 Å². The first-order valence-corrected chi connectivity index (χ1v) is 6.05. The lowest BCUT2D eigenvalue weighted by Crippen LogP contribution is -2.37. The molecule has 1 rings (SSSR count). The lowest BCUT2D eigenvalue weighted by atomic mass is 10.1. The van der Waals surface area contributed by atoms with Gasteiger partial charge in [-0.2, -0.15) is 0 Å². The molecule has 5 heteroatoms. The van der Waals surface area contributed by atoms with Crippen LogP contribution in [0.3, 0.4) is 0 Å². The second kappa shape index (κ2) is 5.00. The standard InChI is InChI=1S/C13H21NO4/c1-6-13(10(15)17-7-2)8-9(13)14-11(16)18-12(3,4)5/h6,9H,1,7-8H2,2-5H3,(H,14,16)/t9-,13-/m0/s1. The molecule has 0 aliphatic heterocycles. The monoisotopic (exact) mass is 255 g/mol. The molecule has 0 radical (unpaired) electrons. The van der Waals surface area contributed by atoms with Crippen molar-refractivity contribution in [3.8, 4) is 0 Å². The molecule has 2 atom stereocenters. The van der Waals surface area contributed by atoms with Crippen molar-refractivity contribution in [3.63, 3.8) is 0 Å². The van der Waals surface area contributed by atoms with Gasteiger partial charge in [-0.25, -0.2) is 4.79 Å². The molecule has 18 heavy (non-hydrogen) atoms. The van der Waals surface area contributed by atoms with Crippen LogP contribution < -0.4 is 5.32 Å². The number of nitrogens with one attached hydrogen (secondary N) is 1. The van der Waals surface area contributed by atoms with Crippen LogP contribution in [0.1, 0.15) is 34.1 Å². The predicted octanol–water partition coefficient (Wildman–Crippen LogP) is 2.02. The minimum Gasteiger partial charge on any atom is -0.465 e. The zero-order valence-corrected chi connectivity index (χ0v) is 11.4. The summed E-state index contributed by atoms with van der Waals surface area (Å²) in [6, 6.07) is -0.288. The molecule has 0 aromatic heterocycles. The summed E-state index contributed by atoms with van der Waals surface area (Å²) in [5, 5.41) is 2.66. The van der Waals surface area contributed by atoms with Crippen LogP contribution in [0.25, 0.3) is 0 Å². The summed E-state index contributed by atoms with van der Waals surface area (Å²) in [5.74, 6) is -0.346. The summed E-state index contributed by atoms with van der Waals surface area (Å²) in [6.45, 7) is 11.0. The molecule has 1 fully saturated rings. The van der Waals surface area contributed by atoms with E-state index in [1.807, 2.05) is 0 Å². The van der Waals surface area contributed by atoms with Gasteiger partial charge >= 0.3 is 12.1 Å². The minimum absolute atomic E-state index is 0.288. The molecule has 0 aromatic carbocycles. The smallest absolute Gasteiger partial charge is 0.407 e. The zero-order valence-electron chi connectivity index (χ0n) is 11.4. The fraction of sp³-hybridized carbons (Fsp3) is 0.692. The van der Waals surface area contributed by atoms with Crippen LogP contribution >= 0.6 is 0 Å². The molecular weight excluding hydrogens is 234 g/mol. The fourth-order valence-corrected chi connectivity index (χ4v) is 1.71. The highest BCUT2D eigenvalue weighted by Crippen LogP contribution is 2.48. The van der Waals surface area contributed by atoms with E-state index >= 15 is 0 Å².